The highest BCUT2D eigenvalue weighted by Crippen LogP contribution is 2.36. The summed E-state index contributed by atoms with van der Waals surface area (Å²) >= 11 is 0. The topological polar surface area (TPSA) is 136 Å². The summed E-state index contributed by atoms with van der Waals surface area (Å²) in [6.07, 6.45) is 9.08. The van der Waals surface area contributed by atoms with Crippen molar-refractivity contribution >= 4 is 34.5 Å². The number of amides is 2. The van der Waals surface area contributed by atoms with Crippen LogP contribution in [0.4, 0.5) is 5.69 Å². The van der Waals surface area contributed by atoms with E-state index in [4.69, 9.17) is 14.1 Å². The number of benzene rings is 2. The smallest absolute Gasteiger partial charge is 0.347 e. The minimum Gasteiger partial charge on any atom is -0.478 e. The van der Waals surface area contributed by atoms with Gasteiger partial charge in [0.2, 0.25) is 5.91 Å². The third kappa shape index (κ3) is 6.11. The number of aromatic nitrogens is 2. The second-order valence-electron chi connectivity index (χ2n) is 10.9. The van der Waals surface area contributed by atoms with E-state index in [1.165, 1.54) is 33.1 Å². The number of carboxylic acids is 1. The summed E-state index contributed by atoms with van der Waals surface area (Å²) in [7, 11) is 0. The number of carboxylic acid groups (broad SMARTS) is 1. The molecule has 0 radical (unpaired) electrons. The zero-order chi connectivity index (χ0) is 29.1. The lowest BCUT2D eigenvalue weighted by molar-refractivity contribution is -0.152. The molecule has 41 heavy (non-hydrogen) atoms. The highest BCUT2D eigenvalue weighted by atomic mass is 16.5. The van der Waals surface area contributed by atoms with Gasteiger partial charge in [-0.15, -0.1) is 0 Å². The van der Waals surface area contributed by atoms with Gasteiger partial charge in [0, 0.05) is 17.3 Å². The van der Waals surface area contributed by atoms with E-state index in [2.05, 4.69) is 15.2 Å². The number of furan rings is 1. The third-order valence-corrected chi connectivity index (χ3v) is 7.42. The SMILES string of the molecule is C[C@@H](NC(=O)c1ccc2c(c1)nc(-c1ccoc1)n2C1CCCCC1)C(=O)Nc1ccc(OC(C)(C)C(=O)O)cc1. The Hall–Kier alpha value is -4.60. The fourth-order valence-electron chi connectivity index (χ4n) is 5.08. The lowest BCUT2D eigenvalue weighted by Crippen LogP contribution is -2.41. The van der Waals surface area contributed by atoms with Crippen LogP contribution in [0.5, 0.6) is 5.75 Å². The van der Waals surface area contributed by atoms with Gasteiger partial charge in [0.15, 0.2) is 5.60 Å². The fraction of sp³-hybridized carbons (Fsp3) is 0.355. The number of nitrogens with one attached hydrogen (secondary N) is 2. The van der Waals surface area contributed by atoms with Crippen molar-refractivity contribution in [2.75, 3.05) is 5.32 Å². The van der Waals surface area contributed by atoms with Gasteiger partial charge < -0.3 is 29.5 Å². The van der Waals surface area contributed by atoms with Gasteiger partial charge in [0.25, 0.3) is 5.91 Å². The van der Waals surface area contributed by atoms with Gasteiger partial charge in [0.05, 0.1) is 22.9 Å². The van der Waals surface area contributed by atoms with Crippen molar-refractivity contribution in [1.82, 2.24) is 14.9 Å². The molecule has 3 N–H and O–H groups in total. The maximum atomic E-state index is 13.1. The third-order valence-electron chi connectivity index (χ3n) is 7.42. The van der Waals surface area contributed by atoms with Crippen molar-refractivity contribution in [2.24, 2.45) is 0 Å². The lowest BCUT2D eigenvalue weighted by atomic mass is 9.95. The standard InChI is InChI=1S/C31H34N4O6/c1-19(28(36)33-22-10-12-24(13-11-22)41-31(2,3)30(38)39)32-29(37)20-9-14-26-25(17-20)34-27(21-15-16-40-18-21)35(26)23-7-5-4-6-8-23/h9-19,23H,4-8H2,1-3H3,(H,32,37)(H,33,36)(H,38,39)/t19-/m1/s1. The average molecular weight is 559 g/mol. The Morgan fingerprint density at radius 3 is 2.46 bits per heavy atom. The minimum absolute atomic E-state index is 0.339. The Labute approximate surface area is 237 Å². The number of nitrogens with zero attached hydrogens (tertiary/aromatic N) is 2. The molecule has 0 aliphatic heterocycles. The molecular formula is C31H34N4O6. The molecule has 2 amide bonds. The van der Waals surface area contributed by atoms with Gasteiger partial charge in [0.1, 0.15) is 23.9 Å². The average Bonchev–Trinajstić information content (AvgIpc) is 3.62. The highest BCUT2D eigenvalue weighted by molar-refractivity contribution is 6.02. The van der Waals surface area contributed by atoms with E-state index in [1.807, 2.05) is 12.1 Å². The van der Waals surface area contributed by atoms with Crippen LogP contribution in [0.25, 0.3) is 22.4 Å². The molecule has 0 bridgehead atoms. The zero-order valence-electron chi connectivity index (χ0n) is 23.3. The molecule has 10 nitrogen and oxygen atoms in total. The Kier molecular flexibility index (Phi) is 7.83. The number of fused-ring (bicyclic) bond motifs is 1. The van der Waals surface area contributed by atoms with E-state index >= 15 is 0 Å². The van der Waals surface area contributed by atoms with Gasteiger partial charge in [-0.3, -0.25) is 9.59 Å². The van der Waals surface area contributed by atoms with Gasteiger partial charge in [-0.05, 0) is 82.1 Å². The van der Waals surface area contributed by atoms with Crippen molar-refractivity contribution in [3.8, 4) is 17.1 Å². The largest absolute Gasteiger partial charge is 0.478 e. The number of aliphatic carboxylic acids is 1. The number of hydrogen-bond acceptors (Lipinski definition) is 6. The number of hydrogen-bond donors (Lipinski definition) is 3. The van der Waals surface area contributed by atoms with Gasteiger partial charge in [-0.25, -0.2) is 9.78 Å². The Bertz CT molecular complexity index is 1550. The molecule has 2 heterocycles. The summed E-state index contributed by atoms with van der Waals surface area (Å²) in [6.45, 7) is 4.51. The van der Waals surface area contributed by atoms with Crippen molar-refractivity contribution in [3.05, 3.63) is 66.6 Å². The number of imidazole rings is 1. The molecular weight excluding hydrogens is 524 g/mol. The molecule has 1 aliphatic rings. The lowest BCUT2D eigenvalue weighted by Gasteiger charge is -2.25. The van der Waals surface area contributed by atoms with E-state index in [-0.39, 0.29) is 5.91 Å². The number of carbonyl (C=O) groups excluding carboxylic acids is 2. The molecule has 214 valence electrons. The van der Waals surface area contributed by atoms with Crippen LogP contribution in [0.15, 0.2) is 65.5 Å². The van der Waals surface area contributed by atoms with Crippen LogP contribution in [0.2, 0.25) is 0 Å². The summed E-state index contributed by atoms with van der Waals surface area (Å²) in [4.78, 5) is 42.1. The Morgan fingerprint density at radius 1 is 1.07 bits per heavy atom. The first-order valence-corrected chi connectivity index (χ1v) is 13.8. The van der Waals surface area contributed by atoms with Gasteiger partial charge >= 0.3 is 5.97 Å². The summed E-state index contributed by atoms with van der Waals surface area (Å²) in [5.74, 6) is -0.688. The van der Waals surface area contributed by atoms with Crippen molar-refractivity contribution in [2.45, 2.75) is 70.6 Å². The first kappa shape index (κ1) is 27.9. The predicted octanol–water partition coefficient (Wildman–Crippen LogP) is 5.80. The molecule has 2 aromatic heterocycles. The fourth-order valence-corrected chi connectivity index (χ4v) is 5.08. The summed E-state index contributed by atoms with van der Waals surface area (Å²) in [5, 5.41) is 14.7. The van der Waals surface area contributed by atoms with E-state index in [0.717, 1.165) is 29.7 Å². The first-order chi connectivity index (χ1) is 19.6. The normalized spacial score (nSPS) is 14.9. The quantitative estimate of drug-likeness (QED) is 0.236. The molecule has 2 aromatic carbocycles. The number of ether oxygens (including phenoxy) is 1. The van der Waals surface area contributed by atoms with Crippen LogP contribution < -0.4 is 15.4 Å². The van der Waals surface area contributed by atoms with E-state index < -0.39 is 23.5 Å². The van der Waals surface area contributed by atoms with Crippen LogP contribution in [-0.4, -0.2) is 44.1 Å². The summed E-state index contributed by atoms with van der Waals surface area (Å²) < 4.78 is 13.1. The van der Waals surface area contributed by atoms with Gasteiger partial charge in [-0.2, -0.15) is 0 Å². The van der Waals surface area contributed by atoms with E-state index in [9.17, 15) is 19.5 Å². The summed E-state index contributed by atoms with van der Waals surface area (Å²) in [5.41, 5.74) is 2.08. The number of anilines is 1. The molecule has 1 atom stereocenters. The van der Waals surface area contributed by atoms with Crippen LogP contribution in [-0.2, 0) is 9.59 Å². The second-order valence-corrected chi connectivity index (χ2v) is 10.9. The second kappa shape index (κ2) is 11.5. The maximum Gasteiger partial charge on any atom is 0.347 e. The Balaban J connectivity index is 1.27. The molecule has 0 spiro atoms. The van der Waals surface area contributed by atoms with Crippen molar-refractivity contribution < 1.29 is 28.6 Å². The van der Waals surface area contributed by atoms with Crippen LogP contribution in [0.1, 0.15) is 69.3 Å². The van der Waals surface area contributed by atoms with Crippen LogP contribution >= 0.6 is 0 Å². The van der Waals surface area contributed by atoms with Crippen molar-refractivity contribution in [3.63, 3.8) is 0 Å². The van der Waals surface area contributed by atoms with E-state index in [0.29, 0.717) is 28.6 Å². The summed E-state index contributed by atoms with van der Waals surface area (Å²) in [6, 6.07) is 13.2. The zero-order valence-corrected chi connectivity index (χ0v) is 23.3. The number of rotatable bonds is 9. The molecule has 0 unspecified atom stereocenters. The predicted molar refractivity (Wildman–Crippen MR) is 154 cm³/mol. The van der Waals surface area contributed by atoms with Crippen LogP contribution in [0, 0.1) is 0 Å². The monoisotopic (exact) mass is 558 g/mol. The Morgan fingerprint density at radius 2 is 1.80 bits per heavy atom. The first-order valence-electron chi connectivity index (χ1n) is 13.8. The molecule has 10 heteroatoms. The maximum absolute atomic E-state index is 13.1. The molecule has 1 fully saturated rings. The van der Waals surface area contributed by atoms with E-state index in [1.54, 1.807) is 55.8 Å². The van der Waals surface area contributed by atoms with Crippen molar-refractivity contribution in [1.29, 1.82) is 0 Å². The van der Waals surface area contributed by atoms with Crippen LogP contribution in [0.3, 0.4) is 0 Å². The molecule has 1 saturated carbocycles. The molecule has 4 aromatic rings. The number of carbonyl (C=O) groups is 3. The molecule has 0 saturated heterocycles. The van der Waals surface area contributed by atoms with Gasteiger partial charge in [-0.1, -0.05) is 19.3 Å². The minimum atomic E-state index is -1.39. The molecule has 1 aliphatic carbocycles. The highest BCUT2D eigenvalue weighted by Gasteiger charge is 2.29. The molecule has 5 rings (SSSR count).